The Kier molecular flexibility index (Phi) is 8.34. The Bertz CT molecular complexity index is 2340. The second-order valence-corrected chi connectivity index (χ2v) is 17.6. The van der Waals surface area contributed by atoms with Gasteiger partial charge in [0, 0.05) is 30.2 Å². The zero-order valence-corrected chi connectivity index (χ0v) is 31.0. The molecule has 248 valence electrons. The van der Waals surface area contributed by atoms with Crippen molar-refractivity contribution in [1.29, 1.82) is 10.5 Å². The normalized spacial score (nSPS) is 19.1. The molecule has 6 nitrogen and oxygen atoms in total. The van der Waals surface area contributed by atoms with Crippen LogP contribution in [0.1, 0.15) is 89.3 Å². The second kappa shape index (κ2) is 12.7. The molecule has 2 saturated carbocycles. The molecule has 2 spiro atoms. The van der Waals surface area contributed by atoms with E-state index >= 15 is 0 Å². The van der Waals surface area contributed by atoms with Gasteiger partial charge in [-0.1, -0.05) is 44.6 Å². The first-order chi connectivity index (χ1) is 24.4. The van der Waals surface area contributed by atoms with Crippen molar-refractivity contribution in [3.63, 3.8) is 0 Å². The average molecular weight is 729 g/mol. The molecular formula is C40H32N4O2S4. The predicted molar refractivity (Wildman–Crippen MR) is 206 cm³/mol. The molecule has 4 aromatic heterocycles. The molecule has 4 heterocycles. The topological polar surface area (TPSA) is 74.8 Å². The molecule has 0 radical (unpaired) electrons. The molecule has 8 rings (SSSR count). The van der Waals surface area contributed by atoms with Crippen molar-refractivity contribution in [3.8, 4) is 33.4 Å². The van der Waals surface area contributed by atoms with Gasteiger partial charge in [0.15, 0.2) is 0 Å². The lowest BCUT2D eigenvalue weighted by atomic mass is 9.66. The maximum Gasteiger partial charge on any atom is 0.263 e. The molecule has 0 bridgehead atoms. The van der Waals surface area contributed by atoms with Gasteiger partial charge in [-0.25, -0.2) is 20.2 Å². The maximum absolute atomic E-state index is 9.47. The molecule has 0 N–H and O–H groups in total. The molecule has 0 aliphatic heterocycles. The van der Waals surface area contributed by atoms with Crippen molar-refractivity contribution in [1.82, 2.24) is 0 Å². The summed E-state index contributed by atoms with van der Waals surface area (Å²) in [5, 5.41) is 18.8. The summed E-state index contributed by atoms with van der Waals surface area (Å²) in [4.78, 5) is 13.3. The van der Waals surface area contributed by atoms with Crippen LogP contribution in [0, 0.1) is 41.2 Å². The van der Waals surface area contributed by atoms with Crippen LogP contribution < -0.4 is 9.47 Å². The molecule has 4 aliphatic rings. The molecule has 4 aliphatic carbocycles. The lowest BCUT2D eigenvalue weighted by Gasteiger charge is -2.38. The minimum atomic E-state index is -0.0877. The highest BCUT2D eigenvalue weighted by Crippen LogP contribution is 2.72. The minimum Gasteiger partial charge on any atom is -0.495 e. The Hall–Kier alpha value is -4.42. The van der Waals surface area contributed by atoms with E-state index in [2.05, 4.69) is 21.8 Å². The van der Waals surface area contributed by atoms with Gasteiger partial charge in [0.25, 0.3) is 11.4 Å². The van der Waals surface area contributed by atoms with Crippen LogP contribution in [0.4, 0.5) is 0 Å². The zero-order chi connectivity index (χ0) is 34.6. The third kappa shape index (κ3) is 4.85. The molecule has 0 aromatic carbocycles. The third-order valence-electron chi connectivity index (χ3n) is 10.9. The first kappa shape index (κ1) is 32.8. The summed E-state index contributed by atoms with van der Waals surface area (Å²) in [5.41, 5.74) is 6.06. The third-order valence-corrected chi connectivity index (χ3v) is 15.7. The molecule has 2 fully saturated rings. The molecule has 0 unspecified atom stereocenters. The summed E-state index contributed by atoms with van der Waals surface area (Å²) in [6.07, 6.45) is 17.7. The monoisotopic (exact) mass is 728 g/mol. The SMILES string of the molecule is [C-]#[N+]/C(C#N)=C\c1cc(OC)c(-c2cc3sc4c(c3s2)C2(CCCCC2)C2=C4C3(CCCCC3)C(c3sc(/C=C(\C#N)[N+]#[C-])cc3OC)=C2)s1. The smallest absolute Gasteiger partial charge is 0.263 e. The van der Waals surface area contributed by atoms with Crippen molar-refractivity contribution in [2.75, 3.05) is 14.2 Å². The van der Waals surface area contributed by atoms with Crippen LogP contribution in [-0.4, -0.2) is 14.2 Å². The van der Waals surface area contributed by atoms with Gasteiger partial charge in [-0.3, -0.25) is 0 Å². The fourth-order valence-electron chi connectivity index (χ4n) is 8.88. The average Bonchev–Trinajstić information content (AvgIpc) is 3.98. The van der Waals surface area contributed by atoms with Crippen LogP contribution in [0.5, 0.6) is 11.5 Å². The molecule has 50 heavy (non-hydrogen) atoms. The van der Waals surface area contributed by atoms with Gasteiger partial charge in [-0.05, 0) is 78.3 Å². The highest BCUT2D eigenvalue weighted by Gasteiger charge is 2.57. The summed E-state index contributed by atoms with van der Waals surface area (Å²) in [7, 11) is 3.41. The van der Waals surface area contributed by atoms with Crippen LogP contribution in [-0.2, 0) is 5.41 Å². The molecule has 0 saturated heterocycles. The number of nitriles is 2. The predicted octanol–water partition coefficient (Wildman–Crippen LogP) is 12.4. The van der Waals surface area contributed by atoms with Crippen LogP contribution >= 0.6 is 45.3 Å². The molecule has 0 atom stereocenters. The largest absolute Gasteiger partial charge is 0.495 e. The number of ether oxygens (including phenoxy) is 2. The minimum absolute atomic E-state index is 0.0223. The Labute approximate surface area is 308 Å². The molecule has 4 aromatic rings. The van der Waals surface area contributed by atoms with Crippen molar-refractivity contribution in [2.24, 2.45) is 5.41 Å². The van der Waals surface area contributed by atoms with Gasteiger partial charge >= 0.3 is 0 Å². The Balaban J connectivity index is 1.29. The van der Waals surface area contributed by atoms with Gasteiger partial charge in [-0.2, -0.15) is 0 Å². The van der Waals surface area contributed by atoms with Crippen LogP contribution in [0.15, 0.2) is 41.2 Å². The van der Waals surface area contributed by atoms with E-state index in [0.717, 1.165) is 56.7 Å². The second-order valence-electron chi connectivity index (χ2n) is 13.3. The number of nitrogens with zero attached hydrogens (tertiary/aromatic N) is 4. The van der Waals surface area contributed by atoms with E-state index < -0.39 is 0 Å². The molecular weight excluding hydrogens is 697 g/mol. The zero-order valence-electron chi connectivity index (χ0n) is 27.8. The first-order valence-electron chi connectivity index (χ1n) is 16.8. The van der Waals surface area contributed by atoms with E-state index in [9.17, 15) is 10.5 Å². The summed E-state index contributed by atoms with van der Waals surface area (Å²) in [6.45, 7) is 14.7. The van der Waals surface area contributed by atoms with Crippen LogP contribution in [0.3, 0.4) is 0 Å². The van der Waals surface area contributed by atoms with E-state index in [0.29, 0.717) is 0 Å². The van der Waals surface area contributed by atoms with Crippen molar-refractivity contribution < 1.29 is 9.47 Å². The summed E-state index contributed by atoms with van der Waals surface area (Å²) >= 11 is 7.04. The van der Waals surface area contributed by atoms with Gasteiger partial charge in [0.05, 0.1) is 58.8 Å². The maximum atomic E-state index is 9.47. The lowest BCUT2D eigenvalue weighted by molar-refractivity contribution is 0.347. The van der Waals surface area contributed by atoms with E-state index in [1.807, 2.05) is 46.9 Å². The quantitative estimate of drug-likeness (QED) is 0.146. The fraction of sp³-hybridized carbons (Fsp3) is 0.350. The Morgan fingerprint density at radius 2 is 1.30 bits per heavy atom. The number of allylic oxidation sites excluding steroid dienone is 6. The molecule has 10 heteroatoms. The van der Waals surface area contributed by atoms with Gasteiger partial charge < -0.3 is 9.47 Å². The first-order valence-corrected chi connectivity index (χ1v) is 20.1. The van der Waals surface area contributed by atoms with E-state index in [1.165, 1.54) is 68.8 Å². The Morgan fingerprint density at radius 3 is 1.86 bits per heavy atom. The van der Waals surface area contributed by atoms with Gasteiger partial charge in [0.1, 0.15) is 11.5 Å². The van der Waals surface area contributed by atoms with E-state index in [-0.39, 0.29) is 22.2 Å². The summed E-state index contributed by atoms with van der Waals surface area (Å²) < 4.78 is 14.6. The summed E-state index contributed by atoms with van der Waals surface area (Å²) in [6, 6.07) is 10.3. The van der Waals surface area contributed by atoms with Gasteiger partial charge in [0.2, 0.25) is 0 Å². The van der Waals surface area contributed by atoms with Crippen LogP contribution in [0.2, 0.25) is 0 Å². The number of hydrogen-bond acceptors (Lipinski definition) is 8. The standard InChI is InChI=1S/C40H32N4O2S4/c1-43-23(21-41)15-25-17-29(45-3)35(47-25)28-19-27-33(40(28)13-9-6-10-14-40)38-34(39(27)11-7-5-8-12-39)37-32(50-38)20-31(49-37)36-30(46-4)18-26(48-36)16-24(22-42)44-2/h15-20H,5-14H2,3-4H3/b23-15+,24-16-. The number of methoxy groups -OCH3 is 2. The van der Waals surface area contributed by atoms with E-state index in [1.54, 1.807) is 60.2 Å². The van der Waals surface area contributed by atoms with Gasteiger partial charge in [-0.15, -0.1) is 45.3 Å². The highest BCUT2D eigenvalue weighted by atomic mass is 32.1. The highest BCUT2D eigenvalue weighted by molar-refractivity contribution is 7.32. The number of thiophene rings is 4. The number of fused-ring (bicyclic) bond motifs is 7. The number of rotatable bonds is 6. The van der Waals surface area contributed by atoms with Crippen molar-refractivity contribution in [3.05, 3.63) is 89.1 Å². The summed E-state index contributed by atoms with van der Waals surface area (Å²) in [5.74, 6) is 1.60. The van der Waals surface area contributed by atoms with E-state index in [4.69, 9.17) is 22.6 Å². The van der Waals surface area contributed by atoms with Crippen molar-refractivity contribution in [2.45, 2.75) is 69.6 Å². The Morgan fingerprint density at radius 1 is 0.740 bits per heavy atom. The fourth-order valence-corrected chi connectivity index (χ4v) is 14.2. The lowest BCUT2D eigenvalue weighted by Crippen LogP contribution is -2.28. The number of hydrogen-bond donors (Lipinski definition) is 0. The van der Waals surface area contributed by atoms with Crippen LogP contribution in [0.25, 0.3) is 52.1 Å². The van der Waals surface area contributed by atoms with Crippen molar-refractivity contribution >= 4 is 78.0 Å². The molecule has 0 amide bonds.